The fraction of sp³-hybridized carbons (Fsp3) is 0.833. The molecular weight excluding hydrogens is 105 g/mol. The van der Waals surface area contributed by atoms with E-state index in [1.165, 1.54) is 0 Å². The molecule has 1 nitrogen and oxygen atoms in total. The van der Waals surface area contributed by atoms with Crippen LogP contribution in [0.2, 0.25) is 0 Å². The zero-order valence-corrected chi connectivity index (χ0v) is 5.10. The van der Waals surface area contributed by atoms with E-state index >= 15 is 0 Å². The average molecular weight is 116 g/mol. The third-order valence-corrected chi connectivity index (χ3v) is 1.31. The first-order valence-corrected chi connectivity index (χ1v) is 3.04. The summed E-state index contributed by atoms with van der Waals surface area (Å²) in [6.07, 6.45) is 0.463. The molecule has 1 saturated heterocycles. The van der Waals surface area contributed by atoms with Crippen molar-refractivity contribution in [1.29, 1.82) is 0 Å². The molecular formula is C6H11FN. The van der Waals surface area contributed by atoms with Gasteiger partial charge in [-0.2, -0.15) is 0 Å². The standard InChI is InChI=1S/C6H11FN/c1-2-3-8-4-6(7)5-8/h3,6H,2,4-5H2,1H3. The van der Waals surface area contributed by atoms with Crippen molar-refractivity contribution in [2.75, 3.05) is 13.1 Å². The Morgan fingerprint density at radius 3 is 2.75 bits per heavy atom. The van der Waals surface area contributed by atoms with E-state index in [2.05, 4.69) is 6.92 Å². The predicted octanol–water partition coefficient (Wildman–Crippen LogP) is 1.21. The molecule has 47 valence electrons. The lowest BCUT2D eigenvalue weighted by molar-refractivity contribution is 0.0911. The summed E-state index contributed by atoms with van der Waals surface area (Å²) in [7, 11) is 0. The molecule has 0 aliphatic carbocycles. The Labute approximate surface area is 49.5 Å². The first-order valence-electron chi connectivity index (χ1n) is 3.04. The molecule has 0 saturated carbocycles. The molecule has 0 aromatic carbocycles. The highest BCUT2D eigenvalue weighted by Crippen LogP contribution is 2.12. The van der Waals surface area contributed by atoms with Crippen molar-refractivity contribution >= 4 is 0 Å². The van der Waals surface area contributed by atoms with Gasteiger partial charge in [0.25, 0.3) is 0 Å². The largest absolute Gasteiger partial charge is 0.293 e. The Morgan fingerprint density at radius 2 is 2.38 bits per heavy atom. The topological polar surface area (TPSA) is 3.24 Å². The van der Waals surface area contributed by atoms with Crippen LogP contribution in [0, 0.1) is 6.54 Å². The zero-order chi connectivity index (χ0) is 5.98. The Morgan fingerprint density at radius 1 is 1.75 bits per heavy atom. The predicted molar refractivity (Wildman–Crippen MR) is 31.1 cm³/mol. The SMILES string of the molecule is CC[CH]N1CC(F)C1. The minimum atomic E-state index is -0.558. The van der Waals surface area contributed by atoms with Gasteiger partial charge in [0.05, 0.1) is 0 Å². The summed E-state index contributed by atoms with van der Waals surface area (Å²) >= 11 is 0. The molecule has 1 heterocycles. The van der Waals surface area contributed by atoms with E-state index in [-0.39, 0.29) is 0 Å². The normalized spacial score (nSPS) is 23.2. The van der Waals surface area contributed by atoms with Gasteiger partial charge in [0.15, 0.2) is 0 Å². The van der Waals surface area contributed by atoms with Crippen molar-refractivity contribution in [3.63, 3.8) is 0 Å². The number of rotatable bonds is 2. The van der Waals surface area contributed by atoms with Crippen LogP contribution in [0.1, 0.15) is 13.3 Å². The molecule has 1 radical (unpaired) electrons. The molecule has 0 aromatic heterocycles. The highest BCUT2D eigenvalue weighted by Gasteiger charge is 2.24. The van der Waals surface area contributed by atoms with Crippen molar-refractivity contribution in [2.24, 2.45) is 0 Å². The van der Waals surface area contributed by atoms with Gasteiger partial charge < -0.3 is 0 Å². The number of likely N-dealkylation sites (tertiary alicyclic amines) is 1. The molecule has 1 aliphatic heterocycles. The van der Waals surface area contributed by atoms with Gasteiger partial charge in [-0.25, -0.2) is 4.39 Å². The maximum absolute atomic E-state index is 12.0. The molecule has 1 fully saturated rings. The molecule has 0 N–H and O–H groups in total. The average Bonchev–Trinajstić information content (AvgIpc) is 1.64. The molecule has 0 bridgehead atoms. The molecule has 0 atom stereocenters. The first-order chi connectivity index (χ1) is 3.83. The van der Waals surface area contributed by atoms with Crippen molar-refractivity contribution in [3.05, 3.63) is 6.54 Å². The summed E-state index contributed by atoms with van der Waals surface area (Å²) in [5.74, 6) is 0. The van der Waals surface area contributed by atoms with Crippen molar-refractivity contribution in [2.45, 2.75) is 19.5 Å². The zero-order valence-electron chi connectivity index (χ0n) is 5.10. The van der Waals surface area contributed by atoms with E-state index in [0.29, 0.717) is 13.1 Å². The van der Waals surface area contributed by atoms with Gasteiger partial charge in [0, 0.05) is 19.6 Å². The van der Waals surface area contributed by atoms with Gasteiger partial charge in [-0.05, 0) is 6.42 Å². The minimum absolute atomic E-state index is 0.558. The van der Waals surface area contributed by atoms with Crippen LogP contribution in [0.5, 0.6) is 0 Å². The number of hydrogen-bond acceptors (Lipinski definition) is 1. The Balaban J connectivity index is 1.98. The maximum Gasteiger partial charge on any atom is 0.125 e. The highest BCUT2D eigenvalue weighted by atomic mass is 19.1. The fourth-order valence-electron chi connectivity index (χ4n) is 0.863. The Hall–Kier alpha value is -0.110. The minimum Gasteiger partial charge on any atom is -0.293 e. The third-order valence-electron chi connectivity index (χ3n) is 1.31. The Kier molecular flexibility index (Phi) is 1.84. The molecule has 0 aromatic rings. The molecule has 1 aliphatic rings. The van der Waals surface area contributed by atoms with Gasteiger partial charge >= 0.3 is 0 Å². The van der Waals surface area contributed by atoms with Crippen LogP contribution < -0.4 is 0 Å². The van der Waals surface area contributed by atoms with E-state index < -0.39 is 6.17 Å². The number of nitrogens with zero attached hydrogens (tertiary/aromatic N) is 1. The van der Waals surface area contributed by atoms with Gasteiger partial charge in [-0.15, -0.1) is 0 Å². The van der Waals surface area contributed by atoms with Crippen LogP contribution in [0.4, 0.5) is 4.39 Å². The maximum atomic E-state index is 12.0. The summed E-state index contributed by atoms with van der Waals surface area (Å²) in [5, 5.41) is 0. The lowest BCUT2D eigenvalue weighted by Gasteiger charge is -2.33. The summed E-state index contributed by atoms with van der Waals surface area (Å²) < 4.78 is 12.0. The van der Waals surface area contributed by atoms with Crippen molar-refractivity contribution in [1.82, 2.24) is 4.90 Å². The van der Waals surface area contributed by atoms with E-state index in [4.69, 9.17) is 0 Å². The van der Waals surface area contributed by atoms with Crippen LogP contribution in [-0.2, 0) is 0 Å². The second kappa shape index (κ2) is 2.44. The van der Waals surface area contributed by atoms with E-state index in [0.717, 1.165) is 6.42 Å². The molecule has 8 heavy (non-hydrogen) atoms. The summed E-state index contributed by atoms with van der Waals surface area (Å²) in [6, 6.07) is 0. The van der Waals surface area contributed by atoms with Crippen LogP contribution in [0.15, 0.2) is 0 Å². The lowest BCUT2D eigenvalue weighted by Crippen LogP contribution is -2.46. The monoisotopic (exact) mass is 116 g/mol. The van der Waals surface area contributed by atoms with Gasteiger partial charge in [-0.3, -0.25) is 4.90 Å². The molecule has 0 unspecified atom stereocenters. The van der Waals surface area contributed by atoms with Crippen LogP contribution in [0.3, 0.4) is 0 Å². The highest BCUT2D eigenvalue weighted by molar-refractivity contribution is 4.83. The van der Waals surface area contributed by atoms with Crippen LogP contribution in [-0.4, -0.2) is 24.2 Å². The van der Waals surface area contributed by atoms with E-state index in [1.807, 2.05) is 11.4 Å². The molecule has 1 rings (SSSR count). The van der Waals surface area contributed by atoms with Crippen molar-refractivity contribution < 1.29 is 4.39 Å². The summed E-state index contributed by atoms with van der Waals surface area (Å²) in [4.78, 5) is 2.00. The first kappa shape index (κ1) is 6.02. The second-order valence-corrected chi connectivity index (χ2v) is 2.14. The van der Waals surface area contributed by atoms with Crippen LogP contribution >= 0.6 is 0 Å². The fourth-order valence-corrected chi connectivity index (χ4v) is 0.863. The summed E-state index contributed by atoms with van der Waals surface area (Å²) in [5.41, 5.74) is 0. The Bertz CT molecular complexity index is 66.2. The van der Waals surface area contributed by atoms with E-state index in [1.54, 1.807) is 0 Å². The number of halogens is 1. The smallest absolute Gasteiger partial charge is 0.125 e. The van der Waals surface area contributed by atoms with Crippen molar-refractivity contribution in [3.8, 4) is 0 Å². The van der Waals surface area contributed by atoms with Crippen LogP contribution in [0.25, 0.3) is 0 Å². The van der Waals surface area contributed by atoms with Gasteiger partial charge in [0.1, 0.15) is 6.17 Å². The quantitative estimate of drug-likeness (QED) is 0.524. The van der Waals surface area contributed by atoms with Gasteiger partial charge in [-0.1, -0.05) is 6.92 Å². The molecule has 0 amide bonds. The molecule has 2 heteroatoms. The van der Waals surface area contributed by atoms with Gasteiger partial charge in [0.2, 0.25) is 0 Å². The second-order valence-electron chi connectivity index (χ2n) is 2.14. The van der Waals surface area contributed by atoms with E-state index in [9.17, 15) is 4.39 Å². The number of alkyl halides is 1. The number of hydrogen-bond donors (Lipinski definition) is 0. The lowest BCUT2D eigenvalue weighted by atomic mass is 10.2. The summed E-state index contributed by atoms with van der Waals surface area (Å²) in [6.45, 7) is 5.34. The third kappa shape index (κ3) is 1.19. The molecule has 0 spiro atoms.